The molecule has 0 radical (unpaired) electrons. The highest BCUT2D eigenvalue weighted by atomic mass is 16.5. The van der Waals surface area contributed by atoms with E-state index in [1.165, 1.54) is 14.0 Å². The summed E-state index contributed by atoms with van der Waals surface area (Å²) in [6, 6.07) is 21.3. The average molecular weight is 496 g/mol. The van der Waals surface area contributed by atoms with E-state index < -0.39 is 36.2 Å². The molecule has 3 aliphatic carbocycles. The van der Waals surface area contributed by atoms with Gasteiger partial charge in [-0.1, -0.05) is 60.7 Å². The molecule has 1 saturated heterocycles. The third-order valence-corrected chi connectivity index (χ3v) is 7.95. The van der Waals surface area contributed by atoms with Gasteiger partial charge in [-0.3, -0.25) is 19.3 Å². The van der Waals surface area contributed by atoms with Crippen molar-refractivity contribution in [2.45, 2.75) is 24.8 Å². The lowest BCUT2D eigenvalue weighted by atomic mass is 9.55. The molecule has 3 atom stereocenters. The van der Waals surface area contributed by atoms with Crippen LogP contribution in [0.3, 0.4) is 0 Å². The fourth-order valence-corrected chi connectivity index (χ4v) is 6.32. The second-order valence-electron chi connectivity index (χ2n) is 9.75. The standard InChI is InChI=1S/C30H25NO6/c1-16(30(35)37-15-23(32)17-8-7-9-18(14-17)36-2)31-28(33)26-24-19-10-3-4-11-20(19)25(27(26)29(31)34)22-13-6-5-12-21(22)24/h3-14,16,24-27H,15H2,1-2H3/t16-,24?,25?,26+,27+/m0/s1. The topological polar surface area (TPSA) is 90.0 Å². The van der Waals surface area contributed by atoms with Crippen molar-refractivity contribution >= 4 is 23.6 Å². The highest BCUT2D eigenvalue weighted by Gasteiger charge is 2.62. The number of ketones is 1. The highest BCUT2D eigenvalue weighted by Crippen LogP contribution is 2.61. The van der Waals surface area contributed by atoms with Gasteiger partial charge in [-0.2, -0.15) is 0 Å². The van der Waals surface area contributed by atoms with Crippen LogP contribution in [0.2, 0.25) is 0 Å². The number of amides is 2. The number of imide groups is 1. The molecule has 37 heavy (non-hydrogen) atoms. The Balaban J connectivity index is 1.25. The molecule has 0 saturated carbocycles. The summed E-state index contributed by atoms with van der Waals surface area (Å²) < 4.78 is 10.4. The molecule has 2 amide bonds. The van der Waals surface area contributed by atoms with Crippen LogP contribution in [-0.4, -0.2) is 48.2 Å². The maximum atomic E-state index is 13.8. The second-order valence-corrected chi connectivity index (χ2v) is 9.75. The number of benzene rings is 3. The van der Waals surface area contributed by atoms with Gasteiger partial charge in [0.2, 0.25) is 11.8 Å². The van der Waals surface area contributed by atoms with Gasteiger partial charge in [0, 0.05) is 17.4 Å². The second kappa shape index (κ2) is 8.69. The summed E-state index contributed by atoms with van der Waals surface area (Å²) in [6.07, 6.45) is 0. The van der Waals surface area contributed by atoms with Crippen LogP contribution < -0.4 is 4.74 Å². The SMILES string of the molecule is COc1cccc(C(=O)COC(=O)[C@H](C)N2C(=O)[C@@H]3C4c5ccccc5C(c5ccccc54)[C@H]3C2=O)c1. The number of ether oxygens (including phenoxy) is 2. The van der Waals surface area contributed by atoms with Gasteiger partial charge >= 0.3 is 5.97 Å². The van der Waals surface area contributed by atoms with Crippen molar-refractivity contribution in [3.63, 3.8) is 0 Å². The van der Waals surface area contributed by atoms with Crippen molar-refractivity contribution in [1.82, 2.24) is 4.90 Å². The van der Waals surface area contributed by atoms with E-state index in [0.29, 0.717) is 11.3 Å². The van der Waals surface area contributed by atoms with E-state index in [2.05, 4.69) is 0 Å². The lowest BCUT2D eigenvalue weighted by Gasteiger charge is -2.45. The molecule has 0 unspecified atom stereocenters. The number of nitrogens with zero attached hydrogens (tertiary/aromatic N) is 1. The number of likely N-dealkylation sites (tertiary alicyclic amines) is 1. The number of hydrogen-bond donors (Lipinski definition) is 0. The quantitative estimate of drug-likeness (QED) is 0.294. The number of hydrogen-bond acceptors (Lipinski definition) is 6. The lowest BCUT2D eigenvalue weighted by Crippen LogP contribution is -2.45. The van der Waals surface area contributed by atoms with Crippen LogP contribution in [0.25, 0.3) is 0 Å². The van der Waals surface area contributed by atoms with Crippen molar-refractivity contribution in [3.05, 3.63) is 101 Å². The molecule has 1 fully saturated rings. The van der Waals surface area contributed by atoms with Crippen molar-refractivity contribution in [1.29, 1.82) is 0 Å². The maximum Gasteiger partial charge on any atom is 0.329 e. The predicted octanol–water partition coefficient (Wildman–Crippen LogP) is 3.70. The van der Waals surface area contributed by atoms with Crippen LogP contribution in [0.15, 0.2) is 72.8 Å². The zero-order chi connectivity index (χ0) is 25.8. The Hall–Kier alpha value is -4.26. The smallest absolute Gasteiger partial charge is 0.329 e. The monoisotopic (exact) mass is 495 g/mol. The van der Waals surface area contributed by atoms with E-state index in [1.54, 1.807) is 24.3 Å². The van der Waals surface area contributed by atoms with E-state index in [9.17, 15) is 19.2 Å². The van der Waals surface area contributed by atoms with Gasteiger partial charge in [-0.25, -0.2) is 4.79 Å². The Bertz CT molecular complexity index is 1350. The molecule has 0 spiro atoms. The van der Waals surface area contributed by atoms with Crippen molar-refractivity contribution < 1.29 is 28.7 Å². The van der Waals surface area contributed by atoms with Crippen LogP contribution in [0.5, 0.6) is 5.75 Å². The molecule has 7 rings (SSSR count). The molecule has 3 aromatic carbocycles. The molecular weight excluding hydrogens is 470 g/mol. The minimum atomic E-state index is -1.14. The molecule has 0 aromatic heterocycles. The third kappa shape index (κ3) is 3.41. The van der Waals surface area contributed by atoms with Gasteiger partial charge in [0.1, 0.15) is 11.8 Å². The molecule has 186 valence electrons. The molecule has 7 nitrogen and oxygen atoms in total. The van der Waals surface area contributed by atoms with Crippen LogP contribution in [0.4, 0.5) is 0 Å². The number of esters is 1. The Morgan fingerprint density at radius 1 is 0.811 bits per heavy atom. The normalized spacial score (nSPS) is 23.7. The van der Waals surface area contributed by atoms with Gasteiger partial charge in [-0.15, -0.1) is 0 Å². The Kier molecular flexibility index (Phi) is 5.44. The number of Topliss-reactive ketones (excluding diaryl/α,β-unsaturated/α-hetero) is 1. The van der Waals surface area contributed by atoms with Crippen LogP contribution in [-0.2, 0) is 19.1 Å². The fraction of sp³-hybridized carbons (Fsp3) is 0.267. The summed E-state index contributed by atoms with van der Waals surface area (Å²) in [5.41, 5.74) is 4.60. The minimum Gasteiger partial charge on any atom is -0.497 e. The summed E-state index contributed by atoms with van der Waals surface area (Å²) in [5.74, 6) is -3.06. The maximum absolute atomic E-state index is 13.8. The van der Waals surface area contributed by atoms with Gasteiger partial charge in [-0.05, 0) is 41.3 Å². The van der Waals surface area contributed by atoms with Gasteiger partial charge < -0.3 is 9.47 Å². The molecule has 1 heterocycles. The summed E-state index contributed by atoms with van der Waals surface area (Å²) in [7, 11) is 1.50. The molecule has 7 heteroatoms. The van der Waals surface area contributed by atoms with E-state index in [1.807, 2.05) is 48.5 Å². The minimum absolute atomic E-state index is 0.248. The fourth-order valence-electron chi connectivity index (χ4n) is 6.32. The molecule has 1 aliphatic heterocycles. The summed E-state index contributed by atoms with van der Waals surface area (Å²) >= 11 is 0. The molecule has 2 bridgehead atoms. The first-order valence-corrected chi connectivity index (χ1v) is 12.3. The number of carbonyl (C=O) groups is 4. The summed E-state index contributed by atoms with van der Waals surface area (Å²) in [4.78, 5) is 54.1. The summed E-state index contributed by atoms with van der Waals surface area (Å²) in [6.45, 7) is 0.981. The van der Waals surface area contributed by atoms with E-state index in [0.717, 1.165) is 27.2 Å². The highest BCUT2D eigenvalue weighted by molar-refractivity contribution is 6.10. The zero-order valence-corrected chi connectivity index (χ0v) is 20.4. The van der Waals surface area contributed by atoms with Crippen LogP contribution in [0, 0.1) is 11.8 Å². The predicted molar refractivity (Wildman–Crippen MR) is 133 cm³/mol. The van der Waals surface area contributed by atoms with Gasteiger partial charge in [0.05, 0.1) is 18.9 Å². The van der Waals surface area contributed by atoms with Crippen molar-refractivity contribution in [2.75, 3.05) is 13.7 Å². The summed E-state index contributed by atoms with van der Waals surface area (Å²) in [5, 5.41) is 0. The van der Waals surface area contributed by atoms with E-state index >= 15 is 0 Å². The largest absolute Gasteiger partial charge is 0.497 e. The zero-order valence-electron chi connectivity index (χ0n) is 20.4. The first-order chi connectivity index (χ1) is 17.9. The average Bonchev–Trinajstić information content (AvgIpc) is 3.21. The lowest BCUT2D eigenvalue weighted by molar-refractivity contribution is -0.157. The van der Waals surface area contributed by atoms with Crippen LogP contribution >= 0.6 is 0 Å². The molecular formula is C30H25NO6. The molecule has 0 N–H and O–H groups in total. The van der Waals surface area contributed by atoms with Gasteiger partial charge in [0.15, 0.2) is 12.4 Å². The van der Waals surface area contributed by atoms with Crippen molar-refractivity contribution in [3.8, 4) is 5.75 Å². The van der Waals surface area contributed by atoms with E-state index in [4.69, 9.17) is 9.47 Å². The Morgan fingerprint density at radius 3 is 1.81 bits per heavy atom. The third-order valence-electron chi connectivity index (χ3n) is 7.95. The number of rotatable bonds is 6. The Labute approximate surface area is 214 Å². The van der Waals surface area contributed by atoms with Gasteiger partial charge in [0.25, 0.3) is 0 Å². The van der Waals surface area contributed by atoms with Crippen molar-refractivity contribution in [2.24, 2.45) is 11.8 Å². The van der Waals surface area contributed by atoms with Crippen LogP contribution in [0.1, 0.15) is 51.4 Å². The number of carbonyl (C=O) groups excluding carboxylic acids is 4. The molecule has 4 aliphatic rings. The molecule has 3 aromatic rings. The Morgan fingerprint density at radius 2 is 1.32 bits per heavy atom. The first-order valence-electron chi connectivity index (χ1n) is 12.3. The first kappa shape index (κ1) is 23.2. The van der Waals surface area contributed by atoms with E-state index in [-0.39, 0.29) is 23.7 Å². The number of methoxy groups -OCH3 is 1.